The predicted octanol–water partition coefficient (Wildman–Crippen LogP) is 4.67. The molecule has 0 amide bonds. The molecule has 1 aromatic rings. The zero-order chi connectivity index (χ0) is 12.9. The standard InChI is InChI=1S/C15H23ClO/c1-5-17-13-9-6-12(7-10-13)8-11-14(16)15(2,3)4/h6-7,9-10,14H,5,8,11H2,1-4H3. The molecule has 0 N–H and O–H groups in total. The normalized spacial score (nSPS) is 13.5. The Morgan fingerprint density at radius 3 is 2.24 bits per heavy atom. The molecule has 0 heterocycles. The van der Waals surface area contributed by atoms with Crippen molar-refractivity contribution in [1.29, 1.82) is 0 Å². The molecule has 0 spiro atoms. The van der Waals surface area contributed by atoms with E-state index in [4.69, 9.17) is 16.3 Å². The summed E-state index contributed by atoms with van der Waals surface area (Å²) in [5, 5.41) is 0.217. The summed E-state index contributed by atoms with van der Waals surface area (Å²) in [6.07, 6.45) is 2.04. The van der Waals surface area contributed by atoms with Crippen LogP contribution in [0.3, 0.4) is 0 Å². The number of aryl methyl sites for hydroxylation is 1. The van der Waals surface area contributed by atoms with Gasteiger partial charge in [0.2, 0.25) is 0 Å². The largest absolute Gasteiger partial charge is 0.494 e. The van der Waals surface area contributed by atoms with Crippen LogP contribution in [0, 0.1) is 5.41 Å². The Morgan fingerprint density at radius 2 is 1.76 bits per heavy atom. The summed E-state index contributed by atoms with van der Waals surface area (Å²) in [4.78, 5) is 0. The molecule has 1 atom stereocenters. The maximum absolute atomic E-state index is 6.36. The van der Waals surface area contributed by atoms with E-state index in [0.717, 1.165) is 18.6 Å². The summed E-state index contributed by atoms with van der Waals surface area (Å²) in [7, 11) is 0. The average Bonchev–Trinajstić information content (AvgIpc) is 2.27. The van der Waals surface area contributed by atoms with Gasteiger partial charge in [0.1, 0.15) is 5.75 Å². The third kappa shape index (κ3) is 4.99. The van der Waals surface area contributed by atoms with Crippen molar-refractivity contribution in [3.05, 3.63) is 29.8 Å². The van der Waals surface area contributed by atoms with E-state index in [9.17, 15) is 0 Å². The van der Waals surface area contributed by atoms with Crippen molar-refractivity contribution < 1.29 is 4.74 Å². The Morgan fingerprint density at radius 1 is 1.18 bits per heavy atom. The maximum atomic E-state index is 6.36. The highest BCUT2D eigenvalue weighted by Gasteiger charge is 2.21. The van der Waals surface area contributed by atoms with Crippen molar-refractivity contribution in [3.63, 3.8) is 0 Å². The van der Waals surface area contributed by atoms with Crippen LogP contribution in [0.4, 0.5) is 0 Å². The highest BCUT2D eigenvalue weighted by Crippen LogP contribution is 2.28. The van der Waals surface area contributed by atoms with Crippen LogP contribution in [-0.4, -0.2) is 12.0 Å². The molecule has 0 radical (unpaired) electrons. The Labute approximate surface area is 110 Å². The quantitative estimate of drug-likeness (QED) is 0.694. The molecular formula is C15H23ClO. The lowest BCUT2D eigenvalue weighted by molar-refractivity contribution is 0.340. The molecule has 1 nitrogen and oxygen atoms in total. The minimum Gasteiger partial charge on any atom is -0.494 e. The zero-order valence-corrected chi connectivity index (χ0v) is 12.1. The van der Waals surface area contributed by atoms with Gasteiger partial charge < -0.3 is 4.74 Å². The molecule has 17 heavy (non-hydrogen) atoms. The van der Waals surface area contributed by atoms with Gasteiger partial charge in [0.05, 0.1) is 6.61 Å². The Balaban J connectivity index is 2.47. The van der Waals surface area contributed by atoms with Crippen molar-refractivity contribution >= 4 is 11.6 Å². The summed E-state index contributed by atoms with van der Waals surface area (Å²) in [6.45, 7) is 9.26. The highest BCUT2D eigenvalue weighted by molar-refractivity contribution is 6.21. The van der Waals surface area contributed by atoms with E-state index in [-0.39, 0.29) is 10.8 Å². The molecule has 0 bridgehead atoms. The molecule has 0 aliphatic heterocycles. The summed E-state index contributed by atoms with van der Waals surface area (Å²) < 4.78 is 5.41. The van der Waals surface area contributed by atoms with Crippen LogP contribution >= 0.6 is 11.6 Å². The SMILES string of the molecule is CCOc1ccc(CCC(Cl)C(C)(C)C)cc1. The number of ether oxygens (including phenoxy) is 1. The van der Waals surface area contributed by atoms with Gasteiger partial charge in [0, 0.05) is 5.38 Å². The fourth-order valence-corrected chi connectivity index (χ4v) is 1.75. The summed E-state index contributed by atoms with van der Waals surface area (Å²) in [5.41, 5.74) is 1.50. The van der Waals surface area contributed by atoms with E-state index in [0.29, 0.717) is 6.61 Å². The first-order chi connectivity index (χ1) is 7.93. The van der Waals surface area contributed by atoms with Crippen LogP contribution < -0.4 is 4.74 Å². The number of rotatable bonds is 5. The van der Waals surface area contributed by atoms with Crippen LogP contribution in [0.2, 0.25) is 0 Å². The molecule has 96 valence electrons. The lowest BCUT2D eigenvalue weighted by Gasteiger charge is -2.25. The van der Waals surface area contributed by atoms with Gasteiger partial charge in [-0.15, -0.1) is 11.6 Å². The first kappa shape index (κ1) is 14.4. The average molecular weight is 255 g/mol. The fraction of sp³-hybridized carbons (Fsp3) is 0.600. The fourth-order valence-electron chi connectivity index (χ4n) is 1.65. The van der Waals surface area contributed by atoms with Crippen molar-refractivity contribution in [2.75, 3.05) is 6.61 Å². The van der Waals surface area contributed by atoms with Crippen molar-refractivity contribution in [2.24, 2.45) is 5.41 Å². The smallest absolute Gasteiger partial charge is 0.119 e. The number of halogens is 1. The first-order valence-electron chi connectivity index (χ1n) is 6.29. The number of benzene rings is 1. The molecule has 0 aromatic heterocycles. The Kier molecular flexibility index (Phi) is 5.32. The van der Waals surface area contributed by atoms with E-state index in [2.05, 4.69) is 32.9 Å². The summed E-state index contributed by atoms with van der Waals surface area (Å²) in [6, 6.07) is 8.30. The van der Waals surface area contributed by atoms with Gasteiger partial charge in [-0.2, -0.15) is 0 Å². The minimum atomic E-state index is 0.173. The van der Waals surface area contributed by atoms with Crippen LogP contribution in [0.15, 0.2) is 24.3 Å². The molecule has 1 rings (SSSR count). The third-order valence-electron chi connectivity index (χ3n) is 2.86. The van der Waals surface area contributed by atoms with E-state index in [1.165, 1.54) is 5.56 Å². The second-order valence-corrected chi connectivity index (χ2v) is 5.98. The Hall–Kier alpha value is -0.690. The molecule has 1 unspecified atom stereocenters. The molecule has 0 saturated carbocycles. The number of hydrogen-bond acceptors (Lipinski definition) is 1. The van der Waals surface area contributed by atoms with Crippen molar-refractivity contribution in [1.82, 2.24) is 0 Å². The molecular weight excluding hydrogens is 232 g/mol. The van der Waals surface area contributed by atoms with E-state index >= 15 is 0 Å². The maximum Gasteiger partial charge on any atom is 0.119 e. The minimum absolute atomic E-state index is 0.173. The predicted molar refractivity (Wildman–Crippen MR) is 75.0 cm³/mol. The molecule has 0 aliphatic carbocycles. The Bertz CT molecular complexity index is 324. The molecule has 0 saturated heterocycles. The van der Waals surface area contributed by atoms with Gasteiger partial charge in [0.15, 0.2) is 0 Å². The monoisotopic (exact) mass is 254 g/mol. The van der Waals surface area contributed by atoms with Gasteiger partial charge in [-0.3, -0.25) is 0 Å². The van der Waals surface area contributed by atoms with Crippen molar-refractivity contribution in [2.45, 2.75) is 45.9 Å². The van der Waals surface area contributed by atoms with E-state index < -0.39 is 0 Å². The van der Waals surface area contributed by atoms with Gasteiger partial charge >= 0.3 is 0 Å². The van der Waals surface area contributed by atoms with Gasteiger partial charge in [-0.1, -0.05) is 32.9 Å². The molecule has 1 aromatic carbocycles. The second-order valence-electron chi connectivity index (χ2n) is 5.45. The summed E-state index contributed by atoms with van der Waals surface area (Å²) >= 11 is 6.36. The lowest BCUT2D eigenvalue weighted by Crippen LogP contribution is -2.21. The van der Waals surface area contributed by atoms with E-state index in [1.807, 2.05) is 19.1 Å². The van der Waals surface area contributed by atoms with Crippen LogP contribution in [0.5, 0.6) is 5.75 Å². The number of hydrogen-bond donors (Lipinski definition) is 0. The van der Waals surface area contributed by atoms with Gasteiger partial charge in [-0.05, 0) is 42.9 Å². The summed E-state index contributed by atoms with van der Waals surface area (Å²) in [5.74, 6) is 0.939. The van der Waals surface area contributed by atoms with Crippen LogP contribution in [-0.2, 0) is 6.42 Å². The molecule has 0 fully saturated rings. The number of alkyl halides is 1. The van der Waals surface area contributed by atoms with Crippen molar-refractivity contribution in [3.8, 4) is 5.75 Å². The topological polar surface area (TPSA) is 9.23 Å². The second kappa shape index (κ2) is 6.30. The van der Waals surface area contributed by atoms with Crippen LogP contribution in [0.25, 0.3) is 0 Å². The zero-order valence-electron chi connectivity index (χ0n) is 11.3. The van der Waals surface area contributed by atoms with Gasteiger partial charge in [0.25, 0.3) is 0 Å². The van der Waals surface area contributed by atoms with E-state index in [1.54, 1.807) is 0 Å². The first-order valence-corrected chi connectivity index (χ1v) is 6.73. The molecule has 0 aliphatic rings. The van der Waals surface area contributed by atoms with Crippen LogP contribution in [0.1, 0.15) is 39.7 Å². The van der Waals surface area contributed by atoms with Gasteiger partial charge in [-0.25, -0.2) is 0 Å². The highest BCUT2D eigenvalue weighted by atomic mass is 35.5. The lowest BCUT2D eigenvalue weighted by atomic mass is 9.88. The molecule has 2 heteroatoms. The third-order valence-corrected chi connectivity index (χ3v) is 3.73.